The molecule has 1 unspecified atom stereocenters. The SMILES string of the molecule is C=C(F)C(=O)NC(c1cnn(C)c1)C(C)(C)C. The molecule has 0 bridgehead atoms. The van der Waals surface area contributed by atoms with E-state index in [-0.39, 0.29) is 11.5 Å². The monoisotopic (exact) mass is 239 g/mol. The molecule has 4 nitrogen and oxygen atoms in total. The fourth-order valence-corrected chi connectivity index (χ4v) is 1.60. The number of nitrogens with one attached hydrogen (secondary N) is 1. The third-order valence-corrected chi connectivity index (χ3v) is 2.45. The van der Waals surface area contributed by atoms with Crippen molar-refractivity contribution in [1.82, 2.24) is 15.1 Å². The summed E-state index contributed by atoms with van der Waals surface area (Å²) in [6.07, 6.45) is 3.47. The third-order valence-electron chi connectivity index (χ3n) is 2.45. The van der Waals surface area contributed by atoms with Gasteiger partial charge in [0.15, 0.2) is 5.83 Å². The molecule has 5 heteroatoms. The van der Waals surface area contributed by atoms with E-state index in [0.29, 0.717) is 0 Å². The Hall–Kier alpha value is -1.65. The predicted molar refractivity (Wildman–Crippen MR) is 63.8 cm³/mol. The maximum atomic E-state index is 12.7. The first-order chi connectivity index (χ1) is 7.71. The van der Waals surface area contributed by atoms with E-state index in [9.17, 15) is 9.18 Å². The van der Waals surface area contributed by atoms with Gasteiger partial charge in [-0.05, 0) is 5.41 Å². The fraction of sp³-hybridized carbons (Fsp3) is 0.500. The number of amides is 1. The van der Waals surface area contributed by atoms with Gasteiger partial charge in [0.25, 0.3) is 5.91 Å². The highest BCUT2D eigenvalue weighted by molar-refractivity contribution is 5.90. The second-order valence-corrected chi connectivity index (χ2v) is 5.12. The first-order valence-electron chi connectivity index (χ1n) is 5.35. The molecule has 1 aromatic heterocycles. The molecular formula is C12H18FN3O. The van der Waals surface area contributed by atoms with Gasteiger partial charge in [0, 0.05) is 18.8 Å². The second kappa shape index (κ2) is 4.69. The van der Waals surface area contributed by atoms with Crippen molar-refractivity contribution >= 4 is 5.91 Å². The number of carbonyl (C=O) groups excluding carboxylic acids is 1. The quantitative estimate of drug-likeness (QED) is 0.821. The Balaban J connectivity index is 2.98. The summed E-state index contributed by atoms with van der Waals surface area (Å²) in [4.78, 5) is 11.4. The Kier molecular flexibility index (Phi) is 3.70. The zero-order valence-electron chi connectivity index (χ0n) is 10.6. The van der Waals surface area contributed by atoms with Gasteiger partial charge in [0.05, 0.1) is 12.2 Å². The number of carbonyl (C=O) groups is 1. The number of hydrogen-bond donors (Lipinski definition) is 1. The van der Waals surface area contributed by atoms with Gasteiger partial charge in [-0.15, -0.1) is 0 Å². The van der Waals surface area contributed by atoms with Crippen molar-refractivity contribution in [3.05, 3.63) is 30.4 Å². The highest BCUT2D eigenvalue weighted by Gasteiger charge is 2.29. The summed E-state index contributed by atoms with van der Waals surface area (Å²) in [5.74, 6) is -1.77. The van der Waals surface area contributed by atoms with E-state index in [1.54, 1.807) is 24.1 Å². The number of aryl methyl sites for hydroxylation is 1. The van der Waals surface area contributed by atoms with E-state index in [1.165, 1.54) is 0 Å². The van der Waals surface area contributed by atoms with Crippen LogP contribution in [0.3, 0.4) is 0 Å². The van der Waals surface area contributed by atoms with Crippen molar-refractivity contribution in [3.8, 4) is 0 Å². The number of halogens is 1. The lowest BCUT2D eigenvalue weighted by Crippen LogP contribution is -2.36. The predicted octanol–water partition coefficient (Wildman–Crippen LogP) is 2.11. The molecule has 1 heterocycles. The lowest BCUT2D eigenvalue weighted by atomic mass is 9.83. The van der Waals surface area contributed by atoms with Crippen LogP contribution in [-0.4, -0.2) is 15.7 Å². The minimum Gasteiger partial charge on any atom is -0.343 e. The molecule has 0 saturated carbocycles. The minimum atomic E-state index is -0.983. The van der Waals surface area contributed by atoms with Crippen LogP contribution in [0.5, 0.6) is 0 Å². The van der Waals surface area contributed by atoms with Crippen LogP contribution in [0, 0.1) is 5.41 Å². The summed E-state index contributed by atoms with van der Waals surface area (Å²) < 4.78 is 14.4. The van der Waals surface area contributed by atoms with E-state index < -0.39 is 11.7 Å². The van der Waals surface area contributed by atoms with Crippen LogP contribution >= 0.6 is 0 Å². The number of hydrogen-bond acceptors (Lipinski definition) is 2. The van der Waals surface area contributed by atoms with E-state index in [0.717, 1.165) is 5.56 Å². The molecule has 1 rings (SSSR count). The molecule has 0 aromatic carbocycles. The van der Waals surface area contributed by atoms with Crippen molar-refractivity contribution in [1.29, 1.82) is 0 Å². The van der Waals surface area contributed by atoms with Gasteiger partial charge in [-0.1, -0.05) is 27.4 Å². The molecule has 0 fully saturated rings. The van der Waals surface area contributed by atoms with E-state index in [4.69, 9.17) is 0 Å². The Bertz CT molecular complexity index is 431. The lowest BCUT2D eigenvalue weighted by molar-refractivity contribution is -0.120. The Morgan fingerprint density at radius 2 is 2.18 bits per heavy atom. The van der Waals surface area contributed by atoms with Gasteiger partial charge in [-0.2, -0.15) is 5.10 Å². The molecule has 1 N–H and O–H groups in total. The molecule has 0 spiro atoms. The van der Waals surface area contributed by atoms with Crippen LogP contribution in [0.4, 0.5) is 4.39 Å². The van der Waals surface area contributed by atoms with E-state index in [2.05, 4.69) is 17.0 Å². The van der Waals surface area contributed by atoms with Gasteiger partial charge in [-0.3, -0.25) is 9.48 Å². The maximum absolute atomic E-state index is 12.7. The highest BCUT2D eigenvalue weighted by atomic mass is 19.1. The molecule has 0 aliphatic rings. The van der Waals surface area contributed by atoms with Gasteiger partial charge in [0.1, 0.15) is 0 Å². The topological polar surface area (TPSA) is 46.9 Å². The zero-order chi connectivity index (χ0) is 13.2. The van der Waals surface area contributed by atoms with Crippen LogP contribution in [0.15, 0.2) is 24.8 Å². The fourth-order valence-electron chi connectivity index (χ4n) is 1.60. The molecule has 0 aliphatic heterocycles. The summed E-state index contributed by atoms with van der Waals surface area (Å²) in [6.45, 7) is 8.88. The number of rotatable bonds is 3. The first kappa shape index (κ1) is 13.4. The van der Waals surface area contributed by atoms with E-state index >= 15 is 0 Å². The number of nitrogens with zero attached hydrogens (tertiary/aromatic N) is 2. The molecule has 94 valence electrons. The summed E-state index contributed by atoms with van der Waals surface area (Å²) in [7, 11) is 1.79. The summed E-state index contributed by atoms with van der Waals surface area (Å²) in [5, 5.41) is 6.67. The normalized spacial score (nSPS) is 13.2. The molecular weight excluding hydrogens is 221 g/mol. The summed E-state index contributed by atoms with van der Waals surface area (Å²) in [5.41, 5.74) is 0.600. The Morgan fingerprint density at radius 3 is 2.53 bits per heavy atom. The second-order valence-electron chi connectivity index (χ2n) is 5.12. The average molecular weight is 239 g/mol. The van der Waals surface area contributed by atoms with Crippen molar-refractivity contribution in [2.45, 2.75) is 26.8 Å². The molecule has 1 atom stereocenters. The molecule has 0 saturated heterocycles. The van der Waals surface area contributed by atoms with Crippen molar-refractivity contribution < 1.29 is 9.18 Å². The first-order valence-corrected chi connectivity index (χ1v) is 5.35. The van der Waals surface area contributed by atoms with Gasteiger partial charge >= 0.3 is 0 Å². The van der Waals surface area contributed by atoms with Crippen molar-refractivity contribution in [3.63, 3.8) is 0 Å². The largest absolute Gasteiger partial charge is 0.343 e. The van der Waals surface area contributed by atoms with Gasteiger partial charge in [0.2, 0.25) is 0 Å². The Morgan fingerprint density at radius 1 is 1.59 bits per heavy atom. The highest BCUT2D eigenvalue weighted by Crippen LogP contribution is 2.32. The molecule has 1 aromatic rings. The minimum absolute atomic E-state index is 0.242. The maximum Gasteiger partial charge on any atom is 0.279 e. The summed E-state index contributed by atoms with van der Waals surface area (Å²) >= 11 is 0. The van der Waals surface area contributed by atoms with Crippen LogP contribution in [0.25, 0.3) is 0 Å². The molecule has 0 radical (unpaired) electrons. The smallest absolute Gasteiger partial charge is 0.279 e. The van der Waals surface area contributed by atoms with Crippen LogP contribution in [0.2, 0.25) is 0 Å². The number of aromatic nitrogens is 2. The standard InChI is InChI=1S/C12H18FN3O/c1-8(13)11(17)15-10(12(2,3)4)9-6-14-16(5)7-9/h6-7,10H,1H2,2-5H3,(H,15,17). The van der Waals surface area contributed by atoms with E-state index in [1.807, 2.05) is 20.8 Å². The van der Waals surface area contributed by atoms with Crippen LogP contribution in [-0.2, 0) is 11.8 Å². The Labute approximate surface area is 101 Å². The third kappa shape index (κ3) is 3.41. The van der Waals surface area contributed by atoms with Crippen LogP contribution in [0.1, 0.15) is 32.4 Å². The van der Waals surface area contributed by atoms with Gasteiger partial charge < -0.3 is 5.32 Å². The molecule has 17 heavy (non-hydrogen) atoms. The lowest BCUT2D eigenvalue weighted by Gasteiger charge is -2.30. The van der Waals surface area contributed by atoms with Gasteiger partial charge in [-0.25, -0.2) is 4.39 Å². The van der Waals surface area contributed by atoms with Crippen LogP contribution < -0.4 is 5.32 Å². The molecule has 1 amide bonds. The average Bonchev–Trinajstić information content (AvgIpc) is 2.58. The van der Waals surface area contributed by atoms with Crippen molar-refractivity contribution in [2.75, 3.05) is 0 Å². The summed E-state index contributed by atoms with van der Waals surface area (Å²) in [6, 6.07) is -0.309. The molecule has 0 aliphatic carbocycles. The zero-order valence-corrected chi connectivity index (χ0v) is 10.6. The van der Waals surface area contributed by atoms with Crippen molar-refractivity contribution in [2.24, 2.45) is 12.5 Å².